The second-order valence-corrected chi connectivity index (χ2v) is 7.72. The van der Waals surface area contributed by atoms with E-state index in [1.54, 1.807) is 29.9 Å². The molecule has 0 fully saturated rings. The summed E-state index contributed by atoms with van der Waals surface area (Å²) in [5.74, 6) is -3.55. The van der Waals surface area contributed by atoms with Gasteiger partial charge < -0.3 is 15.7 Å². The summed E-state index contributed by atoms with van der Waals surface area (Å²) in [6.07, 6.45) is -3.38. The Kier molecular flexibility index (Phi) is 7.76. The van der Waals surface area contributed by atoms with Crippen molar-refractivity contribution in [1.29, 1.82) is 0 Å². The minimum Gasteiger partial charge on any atom is -0.475 e. The summed E-state index contributed by atoms with van der Waals surface area (Å²) in [6.45, 7) is 0.390. The van der Waals surface area contributed by atoms with Crippen molar-refractivity contribution in [1.82, 2.24) is 20.5 Å². The number of rotatable bonds is 5. The highest BCUT2D eigenvalue weighted by molar-refractivity contribution is 7.09. The number of carboxylic acid groups (broad SMARTS) is 1. The highest BCUT2D eigenvalue weighted by Crippen LogP contribution is 2.22. The van der Waals surface area contributed by atoms with Gasteiger partial charge in [-0.2, -0.15) is 18.3 Å². The van der Waals surface area contributed by atoms with Crippen LogP contribution in [0.4, 0.5) is 23.4 Å². The Morgan fingerprint density at radius 3 is 2.29 bits per heavy atom. The fourth-order valence-corrected chi connectivity index (χ4v) is 3.16. The fourth-order valence-electron chi connectivity index (χ4n) is 2.63. The molecule has 0 aliphatic carbocycles. The Morgan fingerprint density at radius 2 is 1.69 bits per heavy atom. The number of fused-ring (bicyclic) bond motifs is 1. The molecule has 14 heteroatoms. The number of hydrogen-bond acceptors (Lipinski definition) is 6. The molecule has 2 aromatic carbocycles. The number of thiazole rings is 1. The number of alkyl halides is 3. The lowest BCUT2D eigenvalue weighted by atomic mass is 10.1. The average Bonchev–Trinajstić information content (AvgIpc) is 3.47. The van der Waals surface area contributed by atoms with Crippen molar-refractivity contribution in [3.05, 3.63) is 76.0 Å². The van der Waals surface area contributed by atoms with Crippen LogP contribution in [0.5, 0.6) is 0 Å². The van der Waals surface area contributed by atoms with Gasteiger partial charge in [-0.15, -0.1) is 11.3 Å². The number of carbonyl (C=O) groups excluding carboxylic acids is 2. The van der Waals surface area contributed by atoms with Crippen molar-refractivity contribution in [3.63, 3.8) is 0 Å². The number of nitrogens with one attached hydrogen (secondary N) is 3. The van der Waals surface area contributed by atoms with Gasteiger partial charge in [0.2, 0.25) is 0 Å². The maximum atomic E-state index is 13.0. The van der Waals surface area contributed by atoms with Crippen LogP contribution in [-0.4, -0.2) is 44.2 Å². The number of aromatic nitrogens is 3. The van der Waals surface area contributed by atoms with E-state index in [1.165, 1.54) is 35.6 Å². The number of hydrogen-bond donors (Lipinski definition) is 4. The number of amides is 2. The monoisotopic (exact) mass is 509 g/mol. The van der Waals surface area contributed by atoms with Gasteiger partial charge in [0.05, 0.1) is 17.6 Å². The second-order valence-electron chi connectivity index (χ2n) is 6.75. The summed E-state index contributed by atoms with van der Waals surface area (Å²) < 4.78 is 44.8. The molecule has 35 heavy (non-hydrogen) atoms. The van der Waals surface area contributed by atoms with Gasteiger partial charge in [0.25, 0.3) is 11.8 Å². The van der Waals surface area contributed by atoms with Crippen molar-refractivity contribution in [2.75, 3.05) is 5.32 Å². The van der Waals surface area contributed by atoms with Crippen molar-refractivity contribution in [3.8, 4) is 0 Å². The Morgan fingerprint density at radius 1 is 1.03 bits per heavy atom. The quantitative estimate of drug-likeness (QED) is 0.301. The number of H-pyrrole nitrogens is 1. The molecule has 4 rings (SSSR count). The van der Waals surface area contributed by atoms with E-state index in [9.17, 15) is 27.2 Å². The number of aliphatic carboxylic acids is 1. The first-order chi connectivity index (χ1) is 16.5. The van der Waals surface area contributed by atoms with Gasteiger partial charge in [-0.1, -0.05) is 0 Å². The van der Waals surface area contributed by atoms with Crippen LogP contribution in [0.1, 0.15) is 25.6 Å². The smallest absolute Gasteiger partial charge is 0.475 e. The first-order valence-corrected chi connectivity index (χ1v) is 10.4. The van der Waals surface area contributed by atoms with Gasteiger partial charge in [0, 0.05) is 27.6 Å². The highest BCUT2D eigenvalue weighted by atomic mass is 32.1. The van der Waals surface area contributed by atoms with Crippen molar-refractivity contribution < 1.29 is 37.1 Å². The fraction of sp³-hybridized carbons (Fsp3) is 0.0952. The lowest BCUT2D eigenvalue weighted by Crippen LogP contribution is -2.22. The molecule has 0 saturated heterocycles. The summed E-state index contributed by atoms with van der Waals surface area (Å²) in [6, 6.07) is 10.2. The van der Waals surface area contributed by atoms with E-state index in [1.807, 2.05) is 0 Å². The normalized spacial score (nSPS) is 10.9. The number of anilines is 1. The van der Waals surface area contributed by atoms with Crippen molar-refractivity contribution in [2.45, 2.75) is 12.7 Å². The van der Waals surface area contributed by atoms with Gasteiger partial charge in [0.1, 0.15) is 5.82 Å². The Balaban J connectivity index is 0.000000429. The van der Waals surface area contributed by atoms with E-state index in [2.05, 4.69) is 25.8 Å². The number of aromatic amines is 1. The summed E-state index contributed by atoms with van der Waals surface area (Å²) in [5, 5.41) is 20.1. The van der Waals surface area contributed by atoms with E-state index >= 15 is 0 Å². The summed E-state index contributed by atoms with van der Waals surface area (Å²) in [5.41, 5.74) is 3.12. The Bertz CT molecular complexity index is 1340. The SMILES string of the molecule is O=C(NCc1cncs1)c1ccc2[nH]nc(NC(=O)c3ccc(F)cc3)c2c1.O=C(O)C(F)(F)F. The van der Waals surface area contributed by atoms with Crippen LogP contribution in [-0.2, 0) is 11.3 Å². The lowest BCUT2D eigenvalue weighted by Gasteiger charge is -2.05. The van der Waals surface area contributed by atoms with Gasteiger partial charge in [-0.05, 0) is 42.5 Å². The van der Waals surface area contributed by atoms with Gasteiger partial charge in [0.15, 0.2) is 5.82 Å². The van der Waals surface area contributed by atoms with Crippen LogP contribution in [0, 0.1) is 5.82 Å². The zero-order chi connectivity index (χ0) is 25.6. The number of benzene rings is 2. The minimum absolute atomic E-state index is 0.243. The predicted molar refractivity (Wildman–Crippen MR) is 117 cm³/mol. The van der Waals surface area contributed by atoms with E-state index in [0.29, 0.717) is 34.4 Å². The van der Waals surface area contributed by atoms with Gasteiger partial charge in [-0.3, -0.25) is 19.7 Å². The molecule has 0 radical (unpaired) electrons. The van der Waals surface area contributed by atoms with Crippen LogP contribution in [0.25, 0.3) is 10.9 Å². The molecule has 9 nitrogen and oxygen atoms in total. The first kappa shape index (κ1) is 25.3. The molecular weight excluding hydrogens is 494 g/mol. The molecule has 0 spiro atoms. The maximum Gasteiger partial charge on any atom is 0.490 e. The van der Waals surface area contributed by atoms with E-state index in [4.69, 9.17) is 9.90 Å². The van der Waals surface area contributed by atoms with E-state index in [0.717, 1.165) is 4.88 Å². The third kappa shape index (κ3) is 6.83. The largest absolute Gasteiger partial charge is 0.490 e. The minimum atomic E-state index is -5.08. The molecule has 0 bridgehead atoms. The number of carboxylic acids is 1. The summed E-state index contributed by atoms with van der Waals surface area (Å²) in [7, 11) is 0. The molecule has 4 aromatic rings. The van der Waals surface area contributed by atoms with Crippen molar-refractivity contribution >= 4 is 45.8 Å². The van der Waals surface area contributed by atoms with Gasteiger partial charge in [-0.25, -0.2) is 9.18 Å². The number of nitrogens with zero attached hydrogens (tertiary/aromatic N) is 2. The lowest BCUT2D eigenvalue weighted by molar-refractivity contribution is -0.192. The number of halogens is 4. The van der Waals surface area contributed by atoms with Crippen LogP contribution in [0.2, 0.25) is 0 Å². The third-order valence-electron chi connectivity index (χ3n) is 4.31. The zero-order valence-electron chi connectivity index (χ0n) is 17.4. The molecule has 0 unspecified atom stereocenters. The molecule has 0 saturated carbocycles. The Labute approximate surface area is 197 Å². The molecule has 2 amide bonds. The average molecular weight is 509 g/mol. The van der Waals surface area contributed by atoms with Crippen LogP contribution < -0.4 is 10.6 Å². The van der Waals surface area contributed by atoms with E-state index < -0.39 is 23.9 Å². The molecule has 4 N–H and O–H groups in total. The van der Waals surface area contributed by atoms with E-state index in [-0.39, 0.29) is 5.91 Å². The highest BCUT2D eigenvalue weighted by Gasteiger charge is 2.38. The van der Waals surface area contributed by atoms with Crippen LogP contribution in [0.15, 0.2) is 54.2 Å². The molecule has 182 valence electrons. The second kappa shape index (κ2) is 10.7. The van der Waals surface area contributed by atoms with Crippen LogP contribution in [0.3, 0.4) is 0 Å². The maximum absolute atomic E-state index is 13.0. The molecular formula is C21H15F4N5O4S. The van der Waals surface area contributed by atoms with Gasteiger partial charge >= 0.3 is 12.1 Å². The molecule has 2 heterocycles. The summed E-state index contributed by atoms with van der Waals surface area (Å²) in [4.78, 5) is 38.6. The predicted octanol–water partition coefficient (Wildman–Crippen LogP) is 3.97. The molecule has 0 aliphatic heterocycles. The summed E-state index contributed by atoms with van der Waals surface area (Å²) >= 11 is 1.46. The first-order valence-electron chi connectivity index (χ1n) is 9.55. The Hall–Kier alpha value is -4.33. The molecule has 2 aromatic heterocycles. The number of carbonyl (C=O) groups is 3. The standard InChI is InChI=1S/C19H14FN5O2S.C2HF3O2/c20-13-4-1-11(2-5-13)19(27)23-17-15-7-12(3-6-16(15)24-25-17)18(26)22-9-14-8-21-10-28-14;3-2(4,5)1(6)7/h1-8,10H,9H2,(H,22,26)(H2,23,24,25,27);(H,6,7). The molecule has 0 aliphatic rings. The van der Waals surface area contributed by atoms with Crippen LogP contribution >= 0.6 is 11.3 Å². The topological polar surface area (TPSA) is 137 Å². The molecule has 0 atom stereocenters. The zero-order valence-corrected chi connectivity index (χ0v) is 18.2. The third-order valence-corrected chi connectivity index (χ3v) is 5.09. The van der Waals surface area contributed by atoms with Crippen molar-refractivity contribution in [2.24, 2.45) is 0 Å².